The van der Waals surface area contributed by atoms with Gasteiger partial charge >= 0.3 is 5.97 Å². The first-order chi connectivity index (χ1) is 8.16. The molecule has 2 N–H and O–H groups in total. The molecule has 0 aromatic carbocycles. The van der Waals surface area contributed by atoms with E-state index in [1.807, 2.05) is 6.92 Å². The van der Waals surface area contributed by atoms with Crippen LogP contribution in [-0.2, 0) is 6.54 Å². The number of carboxylic acid groups (broad SMARTS) is 1. The highest BCUT2D eigenvalue weighted by atomic mass is 32.1. The van der Waals surface area contributed by atoms with Gasteiger partial charge in [0.2, 0.25) is 0 Å². The fraction of sp³-hybridized carbons (Fsp3) is 0.182. The zero-order valence-corrected chi connectivity index (χ0v) is 9.99. The summed E-state index contributed by atoms with van der Waals surface area (Å²) in [4.78, 5) is 19.7. The first kappa shape index (κ1) is 11.5. The normalized spacial score (nSPS) is 10.2. The minimum Gasteiger partial charge on any atom is -0.477 e. The molecule has 5 nitrogen and oxygen atoms in total. The van der Waals surface area contributed by atoms with E-state index in [4.69, 9.17) is 5.11 Å². The number of hydrogen-bond acceptors (Lipinski definition) is 5. The maximum Gasteiger partial charge on any atom is 0.354 e. The Bertz CT molecular complexity index is 522. The van der Waals surface area contributed by atoms with Crippen molar-refractivity contribution in [2.24, 2.45) is 0 Å². The van der Waals surface area contributed by atoms with Crippen molar-refractivity contribution in [1.29, 1.82) is 0 Å². The number of pyridine rings is 1. The number of hydrogen-bond donors (Lipinski definition) is 2. The van der Waals surface area contributed by atoms with E-state index in [0.29, 0.717) is 6.54 Å². The van der Waals surface area contributed by atoms with Crippen molar-refractivity contribution in [2.75, 3.05) is 5.32 Å². The first-order valence-electron chi connectivity index (χ1n) is 4.99. The minimum absolute atomic E-state index is 0.0459. The Balaban J connectivity index is 2.00. The molecule has 6 heteroatoms. The second kappa shape index (κ2) is 4.92. The molecule has 0 atom stereocenters. The zero-order chi connectivity index (χ0) is 12.3. The summed E-state index contributed by atoms with van der Waals surface area (Å²) in [5.74, 6) is -1.02. The van der Waals surface area contributed by atoms with Crippen molar-refractivity contribution in [2.45, 2.75) is 13.5 Å². The van der Waals surface area contributed by atoms with Gasteiger partial charge in [-0.05, 0) is 19.1 Å². The van der Waals surface area contributed by atoms with Crippen molar-refractivity contribution in [3.8, 4) is 0 Å². The number of thiazole rings is 1. The molecule has 0 fully saturated rings. The molecule has 2 aromatic heterocycles. The topological polar surface area (TPSA) is 75.1 Å². The van der Waals surface area contributed by atoms with Crippen molar-refractivity contribution in [3.05, 3.63) is 40.1 Å². The SMILES string of the molecule is Cc1ncsc1CNc1ccc(C(=O)O)nc1. The summed E-state index contributed by atoms with van der Waals surface area (Å²) in [6.45, 7) is 2.63. The van der Waals surface area contributed by atoms with Crippen LogP contribution in [0.1, 0.15) is 21.1 Å². The average molecular weight is 249 g/mol. The van der Waals surface area contributed by atoms with Gasteiger partial charge in [0.1, 0.15) is 5.69 Å². The van der Waals surface area contributed by atoms with Crippen LogP contribution in [0.3, 0.4) is 0 Å². The van der Waals surface area contributed by atoms with Gasteiger partial charge in [0.05, 0.1) is 29.6 Å². The molecule has 0 bridgehead atoms. The van der Waals surface area contributed by atoms with Crippen LogP contribution in [0.4, 0.5) is 5.69 Å². The standard InChI is InChI=1S/C11H11N3O2S/c1-7-10(17-6-14-7)5-12-8-2-3-9(11(15)16)13-4-8/h2-4,6,12H,5H2,1H3,(H,15,16). The molecule has 0 aliphatic heterocycles. The van der Waals surface area contributed by atoms with E-state index in [9.17, 15) is 4.79 Å². The minimum atomic E-state index is -1.02. The monoisotopic (exact) mass is 249 g/mol. The van der Waals surface area contributed by atoms with E-state index in [1.165, 1.54) is 12.3 Å². The average Bonchev–Trinajstić information content (AvgIpc) is 2.73. The highest BCUT2D eigenvalue weighted by molar-refractivity contribution is 7.09. The number of aryl methyl sites for hydroxylation is 1. The Kier molecular flexibility index (Phi) is 3.34. The third-order valence-electron chi connectivity index (χ3n) is 2.28. The Morgan fingerprint density at radius 1 is 1.47 bits per heavy atom. The van der Waals surface area contributed by atoms with Crippen molar-refractivity contribution in [1.82, 2.24) is 9.97 Å². The van der Waals surface area contributed by atoms with Gasteiger partial charge in [0.15, 0.2) is 0 Å². The van der Waals surface area contributed by atoms with Crippen molar-refractivity contribution < 1.29 is 9.90 Å². The molecule has 2 aromatic rings. The van der Waals surface area contributed by atoms with Crippen LogP contribution < -0.4 is 5.32 Å². The summed E-state index contributed by atoms with van der Waals surface area (Å²) in [6, 6.07) is 3.18. The molecule has 0 radical (unpaired) electrons. The molecule has 0 unspecified atom stereocenters. The Hall–Kier alpha value is -1.95. The second-order valence-corrected chi connectivity index (χ2v) is 4.39. The molecular formula is C11H11N3O2S. The molecular weight excluding hydrogens is 238 g/mol. The Labute approximate surface area is 102 Å². The Morgan fingerprint density at radius 3 is 2.82 bits per heavy atom. The van der Waals surface area contributed by atoms with Crippen LogP contribution in [0.25, 0.3) is 0 Å². The van der Waals surface area contributed by atoms with E-state index in [1.54, 1.807) is 22.9 Å². The maximum absolute atomic E-state index is 10.6. The largest absolute Gasteiger partial charge is 0.477 e. The maximum atomic E-state index is 10.6. The number of carbonyl (C=O) groups is 1. The van der Waals surface area contributed by atoms with E-state index >= 15 is 0 Å². The number of nitrogens with one attached hydrogen (secondary N) is 1. The fourth-order valence-corrected chi connectivity index (χ4v) is 2.02. The number of nitrogens with zero attached hydrogens (tertiary/aromatic N) is 2. The summed E-state index contributed by atoms with van der Waals surface area (Å²) >= 11 is 1.59. The molecule has 2 rings (SSSR count). The van der Waals surface area contributed by atoms with Crippen LogP contribution in [-0.4, -0.2) is 21.0 Å². The molecule has 0 spiro atoms. The molecule has 0 saturated carbocycles. The fourth-order valence-electron chi connectivity index (χ4n) is 1.30. The highest BCUT2D eigenvalue weighted by Crippen LogP contribution is 2.14. The van der Waals surface area contributed by atoms with Gasteiger partial charge in [-0.1, -0.05) is 0 Å². The number of carboxylic acids is 1. The van der Waals surface area contributed by atoms with Crippen molar-refractivity contribution >= 4 is 23.0 Å². The predicted octanol–water partition coefficient (Wildman–Crippen LogP) is 2.16. The van der Waals surface area contributed by atoms with Crippen LogP contribution >= 0.6 is 11.3 Å². The van der Waals surface area contributed by atoms with Crippen LogP contribution in [0, 0.1) is 6.92 Å². The number of aromatic nitrogens is 2. The molecule has 88 valence electrons. The van der Waals surface area contributed by atoms with Gasteiger partial charge in [0, 0.05) is 4.88 Å². The lowest BCUT2D eigenvalue weighted by molar-refractivity contribution is 0.0690. The smallest absolute Gasteiger partial charge is 0.354 e. The van der Waals surface area contributed by atoms with Gasteiger partial charge < -0.3 is 10.4 Å². The number of rotatable bonds is 4. The quantitative estimate of drug-likeness (QED) is 0.868. The lowest BCUT2D eigenvalue weighted by atomic mass is 10.3. The van der Waals surface area contributed by atoms with E-state index in [-0.39, 0.29) is 5.69 Å². The van der Waals surface area contributed by atoms with E-state index in [0.717, 1.165) is 16.3 Å². The van der Waals surface area contributed by atoms with Gasteiger partial charge in [-0.3, -0.25) is 0 Å². The Morgan fingerprint density at radius 2 is 2.29 bits per heavy atom. The van der Waals surface area contributed by atoms with Crippen LogP contribution in [0.15, 0.2) is 23.8 Å². The predicted molar refractivity (Wildman–Crippen MR) is 65.4 cm³/mol. The lowest BCUT2D eigenvalue weighted by Crippen LogP contribution is -2.03. The van der Waals surface area contributed by atoms with Crippen molar-refractivity contribution in [3.63, 3.8) is 0 Å². The zero-order valence-electron chi connectivity index (χ0n) is 9.17. The van der Waals surface area contributed by atoms with Gasteiger partial charge in [-0.25, -0.2) is 14.8 Å². The van der Waals surface area contributed by atoms with Gasteiger partial charge in [0.25, 0.3) is 0 Å². The summed E-state index contributed by atoms with van der Waals surface area (Å²) in [5.41, 5.74) is 3.66. The van der Waals surface area contributed by atoms with Gasteiger partial charge in [-0.15, -0.1) is 11.3 Å². The lowest BCUT2D eigenvalue weighted by Gasteiger charge is -2.04. The van der Waals surface area contributed by atoms with E-state index in [2.05, 4.69) is 15.3 Å². The molecule has 17 heavy (non-hydrogen) atoms. The van der Waals surface area contributed by atoms with Crippen LogP contribution in [0.2, 0.25) is 0 Å². The second-order valence-electron chi connectivity index (χ2n) is 3.45. The first-order valence-corrected chi connectivity index (χ1v) is 5.87. The third kappa shape index (κ3) is 2.79. The number of aromatic carboxylic acids is 1. The van der Waals surface area contributed by atoms with Gasteiger partial charge in [-0.2, -0.15) is 0 Å². The molecule has 0 saturated heterocycles. The summed E-state index contributed by atoms with van der Waals surface area (Å²) in [5, 5.41) is 11.9. The molecule has 0 amide bonds. The molecule has 0 aliphatic carbocycles. The summed E-state index contributed by atoms with van der Waals surface area (Å²) in [7, 11) is 0. The highest BCUT2D eigenvalue weighted by Gasteiger charge is 2.04. The summed E-state index contributed by atoms with van der Waals surface area (Å²) in [6.07, 6.45) is 1.51. The summed E-state index contributed by atoms with van der Waals surface area (Å²) < 4.78 is 0. The molecule has 2 heterocycles. The third-order valence-corrected chi connectivity index (χ3v) is 3.22. The van der Waals surface area contributed by atoms with E-state index < -0.39 is 5.97 Å². The van der Waals surface area contributed by atoms with Crippen LogP contribution in [0.5, 0.6) is 0 Å². The number of anilines is 1. The molecule has 0 aliphatic rings.